The Hall–Kier alpha value is -1.96. The Kier molecular flexibility index (Phi) is 6.45. The minimum Gasteiger partial charge on any atom is -0.480 e. The van der Waals surface area contributed by atoms with Crippen LogP contribution in [0.25, 0.3) is 0 Å². The van der Waals surface area contributed by atoms with Crippen LogP contribution >= 0.6 is 0 Å². The van der Waals surface area contributed by atoms with Crippen LogP contribution in [0.1, 0.15) is 0 Å². The number of nitrogens with zero attached hydrogens (tertiary/aromatic N) is 1. The molecule has 0 aliphatic rings. The van der Waals surface area contributed by atoms with Gasteiger partial charge in [-0.05, 0) is 0 Å². The van der Waals surface area contributed by atoms with Crippen molar-refractivity contribution in [3.05, 3.63) is 0 Å². The molecule has 0 aromatic heterocycles. The molecular formula is C8H13N3O5. The molecule has 0 aromatic rings. The second kappa shape index (κ2) is 7.35. The number of aliphatic carboxylic acids is 1. The number of hydrogen-bond donors (Lipinski definition) is 3. The molecule has 16 heavy (non-hydrogen) atoms. The minimum atomic E-state index is -1.24. The smallest absolute Gasteiger partial charge is 0.323 e. The summed E-state index contributed by atoms with van der Waals surface area (Å²) >= 11 is 0. The van der Waals surface area contributed by atoms with Gasteiger partial charge in [-0.15, -0.1) is 0 Å². The van der Waals surface area contributed by atoms with E-state index in [1.165, 1.54) is 0 Å². The standard InChI is InChI=1S/C8H13N3O5/c9-3-6(13)10-4-7(14)11(1-2-12)5-8(15)16/h2H,1,3-5,9H2,(H,10,13)(H,15,16). The number of rotatable bonds is 7. The molecule has 8 heteroatoms. The van der Waals surface area contributed by atoms with Gasteiger partial charge in [-0.3, -0.25) is 14.4 Å². The monoisotopic (exact) mass is 231 g/mol. The molecule has 0 heterocycles. The van der Waals surface area contributed by atoms with Crippen molar-refractivity contribution in [3.8, 4) is 0 Å². The number of carboxylic acid groups (broad SMARTS) is 1. The molecule has 0 rings (SSSR count). The molecule has 8 nitrogen and oxygen atoms in total. The first-order valence-corrected chi connectivity index (χ1v) is 4.41. The molecule has 0 radical (unpaired) electrons. The molecule has 0 aromatic carbocycles. The number of aldehydes is 1. The highest BCUT2D eigenvalue weighted by Gasteiger charge is 2.16. The predicted octanol–water partition coefficient (Wildman–Crippen LogP) is -2.83. The lowest BCUT2D eigenvalue weighted by atomic mass is 10.4. The Morgan fingerprint density at radius 1 is 1.38 bits per heavy atom. The fourth-order valence-electron chi connectivity index (χ4n) is 0.866. The first-order valence-electron chi connectivity index (χ1n) is 4.41. The maximum absolute atomic E-state index is 11.3. The van der Waals surface area contributed by atoms with Crippen LogP contribution in [0, 0.1) is 0 Å². The molecule has 0 saturated heterocycles. The molecule has 0 bridgehead atoms. The van der Waals surface area contributed by atoms with Gasteiger partial charge in [0, 0.05) is 0 Å². The fourth-order valence-corrected chi connectivity index (χ4v) is 0.866. The summed E-state index contributed by atoms with van der Waals surface area (Å²) in [4.78, 5) is 43.4. The molecule has 0 saturated carbocycles. The van der Waals surface area contributed by atoms with E-state index in [0.717, 1.165) is 4.90 Å². The molecule has 0 atom stereocenters. The van der Waals surface area contributed by atoms with Crippen LogP contribution in [0.3, 0.4) is 0 Å². The van der Waals surface area contributed by atoms with Crippen molar-refractivity contribution >= 4 is 24.1 Å². The van der Waals surface area contributed by atoms with E-state index < -0.39 is 24.3 Å². The topological polar surface area (TPSA) is 130 Å². The largest absolute Gasteiger partial charge is 0.480 e. The van der Waals surface area contributed by atoms with Crippen LogP contribution in [0.15, 0.2) is 0 Å². The first kappa shape index (κ1) is 14.0. The summed E-state index contributed by atoms with van der Waals surface area (Å²) in [6.07, 6.45) is 0.408. The molecule has 0 fully saturated rings. The zero-order valence-corrected chi connectivity index (χ0v) is 8.51. The van der Waals surface area contributed by atoms with Gasteiger partial charge in [-0.1, -0.05) is 0 Å². The van der Waals surface area contributed by atoms with E-state index in [2.05, 4.69) is 5.32 Å². The van der Waals surface area contributed by atoms with Crippen LogP contribution in [-0.4, -0.2) is 60.3 Å². The number of nitrogens with two attached hydrogens (primary N) is 1. The van der Waals surface area contributed by atoms with Gasteiger partial charge in [0.15, 0.2) is 0 Å². The van der Waals surface area contributed by atoms with Crippen LogP contribution in [0.4, 0.5) is 0 Å². The van der Waals surface area contributed by atoms with E-state index in [9.17, 15) is 19.2 Å². The Labute approximate surface area is 91.4 Å². The van der Waals surface area contributed by atoms with Gasteiger partial charge in [-0.25, -0.2) is 0 Å². The number of nitrogens with one attached hydrogen (secondary N) is 1. The fraction of sp³-hybridized carbons (Fsp3) is 0.500. The highest BCUT2D eigenvalue weighted by molar-refractivity contribution is 5.88. The van der Waals surface area contributed by atoms with Gasteiger partial charge in [0.1, 0.15) is 12.8 Å². The van der Waals surface area contributed by atoms with E-state index in [1.807, 2.05) is 0 Å². The van der Waals surface area contributed by atoms with Crippen molar-refractivity contribution in [2.24, 2.45) is 5.73 Å². The average Bonchev–Trinajstić information content (AvgIpc) is 2.24. The number of amides is 2. The Morgan fingerprint density at radius 2 is 2.00 bits per heavy atom. The van der Waals surface area contributed by atoms with Gasteiger partial charge in [0.25, 0.3) is 0 Å². The number of carbonyl (C=O) groups excluding carboxylic acids is 3. The van der Waals surface area contributed by atoms with Gasteiger partial charge in [-0.2, -0.15) is 0 Å². The Balaban J connectivity index is 4.21. The maximum Gasteiger partial charge on any atom is 0.323 e. The van der Waals surface area contributed by atoms with E-state index in [-0.39, 0.29) is 19.6 Å². The molecule has 0 spiro atoms. The number of carbonyl (C=O) groups is 4. The predicted molar refractivity (Wildman–Crippen MR) is 52.3 cm³/mol. The number of hydrogen-bond acceptors (Lipinski definition) is 5. The molecular weight excluding hydrogens is 218 g/mol. The highest BCUT2D eigenvalue weighted by Crippen LogP contribution is 1.87. The maximum atomic E-state index is 11.3. The molecule has 0 aliphatic heterocycles. The summed E-state index contributed by atoms with van der Waals surface area (Å²) in [6, 6.07) is 0. The summed E-state index contributed by atoms with van der Waals surface area (Å²) in [5, 5.41) is 10.6. The van der Waals surface area contributed by atoms with Crippen molar-refractivity contribution in [1.82, 2.24) is 10.2 Å². The third-order valence-corrected chi connectivity index (χ3v) is 1.60. The lowest BCUT2D eigenvalue weighted by molar-refractivity contribution is -0.144. The van der Waals surface area contributed by atoms with E-state index >= 15 is 0 Å². The summed E-state index contributed by atoms with van der Waals surface area (Å²) in [5.74, 6) is -2.42. The van der Waals surface area contributed by atoms with Gasteiger partial charge >= 0.3 is 5.97 Å². The zero-order valence-electron chi connectivity index (χ0n) is 8.51. The third kappa shape index (κ3) is 5.70. The summed E-state index contributed by atoms with van der Waals surface area (Å²) in [6.45, 7) is -1.56. The van der Waals surface area contributed by atoms with Gasteiger partial charge in [0.2, 0.25) is 11.8 Å². The first-order chi connectivity index (χ1) is 7.51. The summed E-state index contributed by atoms with van der Waals surface area (Å²) < 4.78 is 0. The minimum absolute atomic E-state index is 0.264. The molecule has 90 valence electrons. The van der Waals surface area contributed by atoms with Gasteiger partial charge in [0.05, 0.1) is 19.6 Å². The van der Waals surface area contributed by atoms with Crippen molar-refractivity contribution in [1.29, 1.82) is 0 Å². The van der Waals surface area contributed by atoms with Crippen molar-refractivity contribution in [2.75, 3.05) is 26.2 Å². The lowest BCUT2D eigenvalue weighted by Gasteiger charge is -2.17. The van der Waals surface area contributed by atoms with Gasteiger partial charge < -0.3 is 25.9 Å². The SMILES string of the molecule is NCC(=O)NCC(=O)N(CC=O)CC(=O)O. The molecule has 2 amide bonds. The zero-order chi connectivity index (χ0) is 12.6. The molecule has 0 aliphatic carbocycles. The second-order valence-corrected chi connectivity index (χ2v) is 2.82. The van der Waals surface area contributed by atoms with Crippen molar-refractivity contribution < 1.29 is 24.3 Å². The summed E-state index contributed by atoms with van der Waals surface area (Å²) in [5.41, 5.74) is 4.99. The lowest BCUT2D eigenvalue weighted by Crippen LogP contribution is -2.44. The van der Waals surface area contributed by atoms with E-state index in [4.69, 9.17) is 10.8 Å². The van der Waals surface area contributed by atoms with Crippen molar-refractivity contribution in [2.45, 2.75) is 0 Å². The normalized spacial score (nSPS) is 9.31. The third-order valence-electron chi connectivity index (χ3n) is 1.60. The highest BCUT2D eigenvalue weighted by atomic mass is 16.4. The number of carboxylic acids is 1. The second-order valence-electron chi connectivity index (χ2n) is 2.82. The quantitative estimate of drug-likeness (QED) is 0.405. The Morgan fingerprint density at radius 3 is 2.44 bits per heavy atom. The average molecular weight is 231 g/mol. The van der Waals surface area contributed by atoms with Crippen LogP contribution in [0.5, 0.6) is 0 Å². The van der Waals surface area contributed by atoms with Crippen LogP contribution in [-0.2, 0) is 19.2 Å². The summed E-state index contributed by atoms with van der Waals surface area (Å²) in [7, 11) is 0. The molecule has 4 N–H and O–H groups in total. The van der Waals surface area contributed by atoms with Crippen molar-refractivity contribution in [3.63, 3.8) is 0 Å². The van der Waals surface area contributed by atoms with E-state index in [0.29, 0.717) is 6.29 Å². The van der Waals surface area contributed by atoms with Crippen LogP contribution < -0.4 is 11.1 Å². The van der Waals surface area contributed by atoms with E-state index in [1.54, 1.807) is 0 Å². The van der Waals surface area contributed by atoms with Crippen LogP contribution in [0.2, 0.25) is 0 Å². The Bertz CT molecular complexity index is 291. The molecule has 0 unspecified atom stereocenters.